The van der Waals surface area contributed by atoms with Gasteiger partial charge in [-0.15, -0.1) is 0 Å². The van der Waals surface area contributed by atoms with Gasteiger partial charge in [0.05, 0.1) is 0 Å². The second kappa shape index (κ2) is 5.47. The van der Waals surface area contributed by atoms with Crippen LogP contribution < -0.4 is 10.4 Å². The van der Waals surface area contributed by atoms with Gasteiger partial charge in [-0.3, -0.25) is 0 Å². The Morgan fingerprint density at radius 1 is 1.04 bits per heavy atom. The average molecular weight is 333 g/mol. The van der Waals surface area contributed by atoms with E-state index in [1.54, 1.807) is 22.3 Å². The van der Waals surface area contributed by atoms with Crippen LogP contribution in [0.4, 0.5) is 0 Å². The molecule has 1 unspecified atom stereocenters. The minimum absolute atomic E-state index is 0.145. The SMILES string of the molecule is CCC(C)c1ccc2c(c1)=C1CC3=CC(C)(C)CCC3=C1C(C)(C)C=2. The van der Waals surface area contributed by atoms with Crippen LogP contribution in [0.15, 0.2) is 41.0 Å². The lowest BCUT2D eigenvalue weighted by atomic mass is 9.73. The Morgan fingerprint density at radius 2 is 1.80 bits per heavy atom. The zero-order valence-corrected chi connectivity index (χ0v) is 16.8. The van der Waals surface area contributed by atoms with Gasteiger partial charge in [0.2, 0.25) is 0 Å². The second-order valence-corrected chi connectivity index (χ2v) is 9.69. The van der Waals surface area contributed by atoms with Gasteiger partial charge in [-0.2, -0.15) is 0 Å². The largest absolute Gasteiger partial charge is 0.0750 e. The van der Waals surface area contributed by atoms with Gasteiger partial charge in [0.25, 0.3) is 0 Å². The molecule has 0 amide bonds. The highest BCUT2D eigenvalue weighted by atomic mass is 14.4. The highest BCUT2D eigenvalue weighted by Crippen LogP contribution is 2.52. The number of allylic oxidation sites excluding steroid dienone is 4. The Bertz CT molecular complexity index is 915. The fraction of sp³-hybridized carbons (Fsp3) is 0.520. The van der Waals surface area contributed by atoms with E-state index >= 15 is 0 Å². The van der Waals surface area contributed by atoms with Crippen molar-refractivity contribution in [3.05, 3.63) is 57.0 Å². The Balaban J connectivity index is 2.00. The van der Waals surface area contributed by atoms with E-state index in [4.69, 9.17) is 0 Å². The van der Waals surface area contributed by atoms with E-state index in [2.05, 4.69) is 71.9 Å². The summed E-state index contributed by atoms with van der Waals surface area (Å²) >= 11 is 0. The Labute approximate surface area is 153 Å². The second-order valence-electron chi connectivity index (χ2n) is 9.69. The molecule has 25 heavy (non-hydrogen) atoms. The molecular formula is C25H32. The van der Waals surface area contributed by atoms with Crippen LogP contribution in [-0.4, -0.2) is 0 Å². The molecule has 0 saturated carbocycles. The predicted molar refractivity (Wildman–Crippen MR) is 109 cm³/mol. The van der Waals surface area contributed by atoms with E-state index in [-0.39, 0.29) is 5.41 Å². The highest BCUT2D eigenvalue weighted by molar-refractivity contribution is 5.82. The third kappa shape index (κ3) is 2.65. The van der Waals surface area contributed by atoms with Gasteiger partial charge in [0.15, 0.2) is 0 Å². The van der Waals surface area contributed by atoms with Crippen molar-refractivity contribution in [2.75, 3.05) is 0 Å². The minimum Gasteiger partial charge on any atom is -0.0750 e. The molecule has 0 heteroatoms. The smallest absolute Gasteiger partial charge is 0.00903 e. The topological polar surface area (TPSA) is 0 Å². The molecule has 0 aliphatic heterocycles. The third-order valence-corrected chi connectivity index (χ3v) is 6.69. The van der Waals surface area contributed by atoms with Gasteiger partial charge < -0.3 is 0 Å². The zero-order valence-electron chi connectivity index (χ0n) is 16.8. The first-order valence-electron chi connectivity index (χ1n) is 10.0. The van der Waals surface area contributed by atoms with Gasteiger partial charge in [-0.05, 0) is 75.3 Å². The molecule has 1 atom stereocenters. The summed E-state index contributed by atoms with van der Waals surface area (Å²) in [5.74, 6) is 0.638. The van der Waals surface area contributed by atoms with Crippen LogP contribution in [0, 0.1) is 10.8 Å². The van der Waals surface area contributed by atoms with Crippen molar-refractivity contribution in [1.29, 1.82) is 0 Å². The summed E-state index contributed by atoms with van der Waals surface area (Å²) in [6, 6.07) is 7.21. The quantitative estimate of drug-likeness (QED) is 0.659. The molecule has 4 rings (SSSR count). The standard InChI is InChI=1S/C25H32/c1-7-16(2)17-8-9-18-15-25(5,6)23-20-10-11-24(3,4)14-19(20)13-22(23)21(18)12-17/h8-9,12,14-16H,7,10-11,13H2,1-6H3. The lowest BCUT2D eigenvalue weighted by Crippen LogP contribution is -2.36. The van der Waals surface area contributed by atoms with Crippen LogP contribution in [0.2, 0.25) is 0 Å². The van der Waals surface area contributed by atoms with E-state index in [9.17, 15) is 0 Å². The normalized spacial score (nSPS) is 24.1. The summed E-state index contributed by atoms with van der Waals surface area (Å²) in [4.78, 5) is 0. The summed E-state index contributed by atoms with van der Waals surface area (Å²) in [6.07, 6.45) is 9.95. The average Bonchev–Trinajstić information content (AvgIpc) is 2.92. The maximum Gasteiger partial charge on any atom is 0.00903 e. The summed E-state index contributed by atoms with van der Waals surface area (Å²) in [5.41, 5.74) is 8.53. The van der Waals surface area contributed by atoms with Gasteiger partial charge in [-0.25, -0.2) is 0 Å². The van der Waals surface area contributed by atoms with Crippen LogP contribution in [0.5, 0.6) is 0 Å². The maximum absolute atomic E-state index is 2.57. The summed E-state index contributed by atoms with van der Waals surface area (Å²) < 4.78 is 0. The van der Waals surface area contributed by atoms with E-state index in [0.717, 1.165) is 6.42 Å². The van der Waals surface area contributed by atoms with Crippen LogP contribution in [0.3, 0.4) is 0 Å². The molecule has 1 aromatic carbocycles. The van der Waals surface area contributed by atoms with Crippen LogP contribution in [0.25, 0.3) is 11.6 Å². The van der Waals surface area contributed by atoms with Crippen LogP contribution in [0.1, 0.15) is 78.7 Å². The molecule has 0 nitrogen and oxygen atoms in total. The molecular weight excluding hydrogens is 300 g/mol. The molecule has 3 aliphatic carbocycles. The number of rotatable bonds is 2. The van der Waals surface area contributed by atoms with Crippen molar-refractivity contribution in [3.8, 4) is 0 Å². The van der Waals surface area contributed by atoms with Gasteiger partial charge in [-0.1, -0.05) is 71.9 Å². The number of benzene rings is 1. The fourth-order valence-electron chi connectivity index (χ4n) is 5.11. The van der Waals surface area contributed by atoms with Crippen molar-refractivity contribution >= 4 is 11.6 Å². The molecule has 0 saturated heterocycles. The van der Waals surface area contributed by atoms with Crippen molar-refractivity contribution in [1.82, 2.24) is 0 Å². The maximum atomic E-state index is 2.57. The number of hydrogen-bond donors (Lipinski definition) is 0. The summed E-state index contributed by atoms with van der Waals surface area (Å²) in [5, 5.41) is 2.95. The minimum atomic E-state index is 0.145. The lowest BCUT2D eigenvalue weighted by Gasteiger charge is -2.31. The lowest BCUT2D eigenvalue weighted by molar-refractivity contribution is 0.420. The monoisotopic (exact) mass is 332 g/mol. The van der Waals surface area contributed by atoms with Crippen LogP contribution >= 0.6 is 0 Å². The molecule has 132 valence electrons. The molecule has 0 bridgehead atoms. The van der Waals surface area contributed by atoms with E-state index in [1.807, 2.05) is 0 Å². The van der Waals surface area contributed by atoms with E-state index in [1.165, 1.54) is 35.3 Å². The zero-order chi connectivity index (χ0) is 18.0. The first kappa shape index (κ1) is 16.9. The van der Waals surface area contributed by atoms with Crippen molar-refractivity contribution in [3.63, 3.8) is 0 Å². The molecule has 0 aromatic heterocycles. The first-order chi connectivity index (χ1) is 11.7. The van der Waals surface area contributed by atoms with Gasteiger partial charge >= 0.3 is 0 Å². The van der Waals surface area contributed by atoms with Crippen molar-refractivity contribution < 1.29 is 0 Å². The van der Waals surface area contributed by atoms with Crippen LogP contribution in [-0.2, 0) is 0 Å². The molecule has 0 fully saturated rings. The summed E-state index contributed by atoms with van der Waals surface area (Å²) in [6.45, 7) is 14.2. The van der Waals surface area contributed by atoms with E-state index in [0.29, 0.717) is 11.3 Å². The molecule has 3 aliphatic rings. The number of fused-ring (bicyclic) bond motifs is 3. The van der Waals surface area contributed by atoms with Crippen molar-refractivity contribution in [2.45, 2.75) is 73.1 Å². The van der Waals surface area contributed by atoms with Gasteiger partial charge in [0, 0.05) is 5.41 Å². The molecule has 0 radical (unpaired) electrons. The summed E-state index contributed by atoms with van der Waals surface area (Å²) in [7, 11) is 0. The number of hydrogen-bond acceptors (Lipinski definition) is 0. The highest BCUT2D eigenvalue weighted by Gasteiger charge is 2.38. The van der Waals surface area contributed by atoms with E-state index < -0.39 is 0 Å². The molecule has 0 heterocycles. The fourth-order valence-corrected chi connectivity index (χ4v) is 5.11. The van der Waals surface area contributed by atoms with Gasteiger partial charge in [0.1, 0.15) is 0 Å². The van der Waals surface area contributed by atoms with Crippen molar-refractivity contribution in [2.24, 2.45) is 10.8 Å². The molecule has 0 spiro atoms. The Kier molecular flexibility index (Phi) is 3.69. The molecule has 1 aromatic rings. The predicted octanol–water partition coefficient (Wildman–Crippen LogP) is 5.62. The Morgan fingerprint density at radius 3 is 2.52 bits per heavy atom. The molecule has 0 N–H and O–H groups in total. The first-order valence-corrected chi connectivity index (χ1v) is 10.0. The Hall–Kier alpha value is -1.56. The third-order valence-electron chi connectivity index (χ3n) is 6.69.